The lowest BCUT2D eigenvalue weighted by atomic mass is 9.97. The summed E-state index contributed by atoms with van der Waals surface area (Å²) in [4.78, 5) is 12.6. The monoisotopic (exact) mass is 366 g/mol. The maximum absolute atomic E-state index is 13.9. The van der Waals surface area contributed by atoms with E-state index in [1.165, 1.54) is 6.07 Å². The molecule has 1 unspecified atom stereocenters. The number of rotatable bonds is 8. The summed E-state index contributed by atoms with van der Waals surface area (Å²) in [5.74, 6) is 0.889. The van der Waals surface area contributed by atoms with Crippen LogP contribution in [0.2, 0.25) is 5.28 Å². The van der Waals surface area contributed by atoms with Crippen LogP contribution in [0.15, 0.2) is 24.3 Å². The van der Waals surface area contributed by atoms with Gasteiger partial charge in [0.2, 0.25) is 11.2 Å². The molecule has 0 aliphatic carbocycles. The fourth-order valence-electron chi connectivity index (χ4n) is 2.74. The second-order valence-corrected chi connectivity index (χ2v) is 6.96. The molecule has 1 heterocycles. The Hall–Kier alpha value is -1.79. The molecule has 0 saturated carbocycles. The summed E-state index contributed by atoms with van der Waals surface area (Å²) in [6, 6.07) is 6.51. The van der Waals surface area contributed by atoms with E-state index in [2.05, 4.69) is 34.1 Å². The molecule has 136 valence electrons. The SMILES string of the molecule is CC(C)C[C@H](CO)Nc1nc(Cl)nc(CC(C)c2ccccc2F)n1. The van der Waals surface area contributed by atoms with Crippen LogP contribution in [0.4, 0.5) is 10.3 Å². The topological polar surface area (TPSA) is 70.9 Å². The number of halogens is 2. The molecular weight excluding hydrogens is 343 g/mol. The van der Waals surface area contributed by atoms with Crippen molar-refractivity contribution in [3.63, 3.8) is 0 Å². The molecule has 1 aromatic carbocycles. The number of hydrogen-bond donors (Lipinski definition) is 2. The van der Waals surface area contributed by atoms with Gasteiger partial charge in [0.1, 0.15) is 11.6 Å². The van der Waals surface area contributed by atoms with Gasteiger partial charge in [0, 0.05) is 6.42 Å². The second-order valence-electron chi connectivity index (χ2n) is 6.62. The van der Waals surface area contributed by atoms with E-state index in [0.717, 1.165) is 6.42 Å². The third kappa shape index (κ3) is 5.90. The van der Waals surface area contributed by atoms with Gasteiger partial charge in [-0.05, 0) is 41.5 Å². The van der Waals surface area contributed by atoms with Gasteiger partial charge in [-0.15, -0.1) is 0 Å². The van der Waals surface area contributed by atoms with Gasteiger partial charge >= 0.3 is 0 Å². The highest BCUT2D eigenvalue weighted by Crippen LogP contribution is 2.22. The summed E-state index contributed by atoms with van der Waals surface area (Å²) in [7, 11) is 0. The lowest BCUT2D eigenvalue weighted by Crippen LogP contribution is -2.27. The maximum atomic E-state index is 13.9. The van der Waals surface area contributed by atoms with Crippen LogP contribution in [0.3, 0.4) is 0 Å². The number of aliphatic hydroxyl groups excluding tert-OH is 1. The Morgan fingerprint density at radius 3 is 2.52 bits per heavy atom. The minimum Gasteiger partial charge on any atom is -0.394 e. The number of aromatic nitrogens is 3. The first-order valence-corrected chi connectivity index (χ1v) is 8.79. The van der Waals surface area contributed by atoms with Crippen molar-refractivity contribution in [2.45, 2.75) is 45.6 Å². The first-order chi connectivity index (χ1) is 11.9. The zero-order valence-electron chi connectivity index (χ0n) is 14.7. The van der Waals surface area contributed by atoms with Crippen LogP contribution in [-0.2, 0) is 6.42 Å². The number of aliphatic hydroxyl groups is 1. The van der Waals surface area contributed by atoms with Gasteiger partial charge in [-0.1, -0.05) is 39.0 Å². The molecule has 1 aromatic heterocycles. The Balaban J connectivity index is 2.14. The molecule has 0 amide bonds. The van der Waals surface area contributed by atoms with Crippen molar-refractivity contribution in [3.05, 3.63) is 46.8 Å². The number of hydrogen-bond acceptors (Lipinski definition) is 5. The van der Waals surface area contributed by atoms with Crippen LogP contribution in [0.1, 0.15) is 44.5 Å². The fourth-order valence-corrected chi connectivity index (χ4v) is 2.91. The van der Waals surface area contributed by atoms with Gasteiger partial charge in [-0.2, -0.15) is 9.97 Å². The van der Waals surface area contributed by atoms with Gasteiger partial charge in [0.05, 0.1) is 12.6 Å². The summed E-state index contributed by atoms with van der Waals surface area (Å²) in [6.45, 7) is 6.04. The molecule has 0 spiro atoms. The molecule has 2 N–H and O–H groups in total. The Bertz CT molecular complexity index is 699. The quantitative estimate of drug-likeness (QED) is 0.743. The van der Waals surface area contributed by atoms with Crippen molar-refractivity contribution in [1.29, 1.82) is 0 Å². The summed E-state index contributed by atoms with van der Waals surface area (Å²) < 4.78 is 13.9. The number of nitrogens with one attached hydrogen (secondary N) is 1. The summed E-state index contributed by atoms with van der Waals surface area (Å²) in [5.41, 5.74) is 0.613. The van der Waals surface area contributed by atoms with E-state index in [9.17, 15) is 9.50 Å². The van der Waals surface area contributed by atoms with Gasteiger partial charge in [0.25, 0.3) is 0 Å². The first kappa shape index (κ1) is 19.5. The van der Waals surface area contributed by atoms with Crippen molar-refractivity contribution in [2.24, 2.45) is 5.92 Å². The molecule has 0 aliphatic rings. The zero-order valence-corrected chi connectivity index (χ0v) is 15.5. The lowest BCUT2D eigenvalue weighted by Gasteiger charge is -2.18. The van der Waals surface area contributed by atoms with E-state index in [0.29, 0.717) is 29.7 Å². The minimum atomic E-state index is -0.245. The first-order valence-electron chi connectivity index (χ1n) is 8.41. The third-order valence-corrected chi connectivity index (χ3v) is 4.06. The molecule has 5 nitrogen and oxygen atoms in total. The fraction of sp³-hybridized carbons (Fsp3) is 0.500. The van der Waals surface area contributed by atoms with Gasteiger partial charge in [0.15, 0.2) is 0 Å². The molecule has 0 fully saturated rings. The predicted octanol–water partition coefficient (Wildman–Crippen LogP) is 3.83. The molecule has 0 bridgehead atoms. The van der Waals surface area contributed by atoms with Crippen LogP contribution in [0.5, 0.6) is 0 Å². The number of benzene rings is 1. The molecule has 0 aliphatic heterocycles. The molecular formula is C18H24ClFN4O. The van der Waals surface area contributed by atoms with Crippen molar-refractivity contribution < 1.29 is 9.50 Å². The average molecular weight is 367 g/mol. The van der Waals surface area contributed by atoms with E-state index in [-0.39, 0.29) is 29.7 Å². The second kappa shape index (κ2) is 9.06. The van der Waals surface area contributed by atoms with Gasteiger partial charge < -0.3 is 10.4 Å². The van der Waals surface area contributed by atoms with Crippen LogP contribution < -0.4 is 5.32 Å². The lowest BCUT2D eigenvalue weighted by molar-refractivity contribution is 0.259. The van der Waals surface area contributed by atoms with E-state index in [4.69, 9.17) is 11.6 Å². The molecule has 2 aromatic rings. The van der Waals surface area contributed by atoms with E-state index in [1.54, 1.807) is 18.2 Å². The minimum absolute atomic E-state index is 0.0254. The highest BCUT2D eigenvalue weighted by atomic mass is 35.5. The molecule has 7 heteroatoms. The summed E-state index contributed by atoms with van der Waals surface area (Å²) in [5, 5.41) is 12.7. The Morgan fingerprint density at radius 1 is 1.16 bits per heavy atom. The Labute approximate surface area is 152 Å². The predicted molar refractivity (Wildman–Crippen MR) is 97.3 cm³/mol. The van der Waals surface area contributed by atoms with Crippen molar-refractivity contribution >= 4 is 17.5 Å². The molecule has 0 radical (unpaired) electrons. The standard InChI is InChI=1S/C18H24ClFN4O/c1-11(2)8-13(10-25)21-18-23-16(22-17(19)24-18)9-12(3)14-6-4-5-7-15(14)20/h4-7,11-13,25H,8-10H2,1-3H3,(H,21,22,23,24)/t12?,13-/m1/s1. The molecule has 2 rings (SSSR count). The largest absolute Gasteiger partial charge is 0.394 e. The van der Waals surface area contributed by atoms with E-state index < -0.39 is 0 Å². The summed E-state index contributed by atoms with van der Waals surface area (Å²) in [6.07, 6.45) is 1.21. The van der Waals surface area contributed by atoms with Crippen LogP contribution in [0.25, 0.3) is 0 Å². The Kier molecular flexibility index (Phi) is 7.08. The number of nitrogens with zero attached hydrogens (tertiary/aromatic N) is 3. The highest BCUT2D eigenvalue weighted by molar-refractivity contribution is 6.28. The van der Waals surface area contributed by atoms with Gasteiger partial charge in [-0.25, -0.2) is 9.37 Å². The average Bonchev–Trinajstić information content (AvgIpc) is 2.53. The van der Waals surface area contributed by atoms with Crippen molar-refractivity contribution in [3.8, 4) is 0 Å². The van der Waals surface area contributed by atoms with Crippen molar-refractivity contribution in [2.75, 3.05) is 11.9 Å². The van der Waals surface area contributed by atoms with E-state index in [1.807, 2.05) is 6.92 Å². The molecule has 2 atom stereocenters. The van der Waals surface area contributed by atoms with E-state index >= 15 is 0 Å². The summed E-state index contributed by atoms with van der Waals surface area (Å²) >= 11 is 6.00. The molecule has 25 heavy (non-hydrogen) atoms. The maximum Gasteiger partial charge on any atom is 0.227 e. The zero-order chi connectivity index (χ0) is 18.4. The third-order valence-electron chi connectivity index (χ3n) is 3.89. The van der Waals surface area contributed by atoms with Crippen molar-refractivity contribution in [1.82, 2.24) is 15.0 Å². The number of anilines is 1. The normalized spacial score (nSPS) is 13.7. The smallest absolute Gasteiger partial charge is 0.227 e. The van der Waals surface area contributed by atoms with Gasteiger partial charge in [-0.3, -0.25) is 0 Å². The Morgan fingerprint density at radius 2 is 1.88 bits per heavy atom. The van der Waals surface area contributed by atoms with Crippen LogP contribution in [0, 0.1) is 11.7 Å². The molecule has 0 saturated heterocycles. The van der Waals surface area contributed by atoms with Crippen LogP contribution >= 0.6 is 11.6 Å². The van der Waals surface area contributed by atoms with Crippen LogP contribution in [-0.4, -0.2) is 32.7 Å². The highest BCUT2D eigenvalue weighted by Gasteiger charge is 2.16.